The number of benzene rings is 1. The van der Waals surface area contributed by atoms with E-state index < -0.39 is 0 Å². The molecule has 1 aromatic carbocycles. The number of fused-ring (bicyclic) bond motifs is 3. The van der Waals surface area contributed by atoms with Crippen LogP contribution < -0.4 is 9.80 Å². The molecule has 2 saturated heterocycles. The van der Waals surface area contributed by atoms with Crippen LogP contribution in [0.1, 0.15) is 25.7 Å². The van der Waals surface area contributed by atoms with Gasteiger partial charge >= 0.3 is 0 Å². The second kappa shape index (κ2) is 4.00. The Balaban J connectivity index is 1.75. The minimum atomic E-state index is 0.273. The monoisotopic (exact) mass is 277 g/mol. The van der Waals surface area contributed by atoms with Gasteiger partial charge in [0.25, 0.3) is 0 Å². The number of aromatic nitrogens is 1. The summed E-state index contributed by atoms with van der Waals surface area (Å²) in [7, 11) is 0. The fraction of sp³-hybridized carbons (Fsp3) is 0.389. The van der Waals surface area contributed by atoms with Crippen molar-refractivity contribution in [3.63, 3.8) is 0 Å². The zero-order chi connectivity index (χ0) is 13.9. The molecule has 1 unspecified atom stereocenters. The number of rotatable bonds is 1. The van der Waals surface area contributed by atoms with Gasteiger partial charge in [0.1, 0.15) is 5.66 Å². The van der Waals surface area contributed by atoms with Crippen LogP contribution in [-0.4, -0.2) is 23.7 Å². The number of hydrogen-bond acceptors (Lipinski definition) is 3. The molecule has 3 nitrogen and oxygen atoms in total. The van der Waals surface area contributed by atoms with Gasteiger partial charge < -0.3 is 9.80 Å². The van der Waals surface area contributed by atoms with Crippen molar-refractivity contribution in [3.8, 4) is 11.3 Å². The van der Waals surface area contributed by atoms with Gasteiger partial charge in [-0.15, -0.1) is 0 Å². The fourth-order valence-electron chi connectivity index (χ4n) is 4.67. The van der Waals surface area contributed by atoms with Crippen molar-refractivity contribution in [2.75, 3.05) is 22.9 Å². The van der Waals surface area contributed by atoms with Crippen LogP contribution >= 0.6 is 0 Å². The van der Waals surface area contributed by atoms with E-state index in [2.05, 4.69) is 46.2 Å². The molecule has 1 aromatic heterocycles. The number of nitrogens with zero attached hydrogens (tertiary/aromatic N) is 3. The van der Waals surface area contributed by atoms with Crippen molar-refractivity contribution in [3.05, 3.63) is 42.6 Å². The molecule has 2 fully saturated rings. The van der Waals surface area contributed by atoms with Crippen LogP contribution in [0.2, 0.25) is 0 Å². The van der Waals surface area contributed by atoms with Crippen LogP contribution in [0.4, 0.5) is 11.4 Å². The second-order valence-electron chi connectivity index (χ2n) is 6.39. The van der Waals surface area contributed by atoms with Gasteiger partial charge in [-0.2, -0.15) is 0 Å². The molecule has 0 saturated carbocycles. The summed E-state index contributed by atoms with van der Waals surface area (Å²) >= 11 is 0. The van der Waals surface area contributed by atoms with Gasteiger partial charge in [-0.1, -0.05) is 30.3 Å². The summed E-state index contributed by atoms with van der Waals surface area (Å²) in [6, 6.07) is 12.8. The topological polar surface area (TPSA) is 19.4 Å². The molecule has 3 aliphatic heterocycles. The normalized spacial score (nSPS) is 25.9. The lowest BCUT2D eigenvalue weighted by molar-refractivity contribution is 0.461. The van der Waals surface area contributed by atoms with Crippen molar-refractivity contribution in [2.45, 2.75) is 31.3 Å². The average Bonchev–Trinajstić information content (AvgIpc) is 3.19. The van der Waals surface area contributed by atoms with Crippen LogP contribution in [-0.2, 0) is 0 Å². The Labute approximate surface area is 125 Å². The summed E-state index contributed by atoms with van der Waals surface area (Å²) < 4.78 is 0. The van der Waals surface area contributed by atoms with Gasteiger partial charge in [0.15, 0.2) is 0 Å². The van der Waals surface area contributed by atoms with E-state index in [0.29, 0.717) is 0 Å². The van der Waals surface area contributed by atoms with Gasteiger partial charge in [0.05, 0.1) is 17.1 Å². The first-order chi connectivity index (χ1) is 10.4. The van der Waals surface area contributed by atoms with Crippen LogP contribution in [0.25, 0.3) is 11.3 Å². The van der Waals surface area contributed by atoms with E-state index in [0.717, 1.165) is 5.69 Å². The van der Waals surface area contributed by atoms with Crippen LogP contribution in [0.3, 0.4) is 0 Å². The maximum absolute atomic E-state index is 4.74. The standard InChI is InChI=1S/C18H19N3/c1-2-6-14(7-3-1)16-17-15(8-11-19-16)20-12-4-9-18(20)10-5-13-21(17)18/h1-3,6-8,11H,4-5,9-10,12-13H2. The Kier molecular flexibility index (Phi) is 2.21. The van der Waals surface area contributed by atoms with Crippen molar-refractivity contribution >= 4 is 11.4 Å². The van der Waals surface area contributed by atoms with E-state index in [-0.39, 0.29) is 5.66 Å². The highest BCUT2D eigenvalue weighted by Crippen LogP contribution is 2.57. The summed E-state index contributed by atoms with van der Waals surface area (Å²) in [5.41, 5.74) is 5.44. The smallest absolute Gasteiger partial charge is 0.113 e. The molecule has 1 atom stereocenters. The average molecular weight is 277 g/mol. The van der Waals surface area contributed by atoms with Gasteiger partial charge in [0, 0.05) is 24.8 Å². The third-order valence-electron chi connectivity index (χ3n) is 5.43. The lowest BCUT2D eigenvalue weighted by Gasteiger charge is -2.36. The summed E-state index contributed by atoms with van der Waals surface area (Å²) in [6.45, 7) is 2.37. The van der Waals surface area contributed by atoms with Gasteiger partial charge in [0.2, 0.25) is 0 Å². The second-order valence-corrected chi connectivity index (χ2v) is 6.39. The Morgan fingerprint density at radius 3 is 2.48 bits per heavy atom. The van der Waals surface area contributed by atoms with Crippen molar-refractivity contribution in [1.82, 2.24) is 4.98 Å². The lowest BCUT2D eigenvalue weighted by atomic mass is 10.0. The Morgan fingerprint density at radius 1 is 0.905 bits per heavy atom. The quantitative estimate of drug-likeness (QED) is 0.793. The number of pyridine rings is 1. The van der Waals surface area contributed by atoms with Crippen molar-refractivity contribution < 1.29 is 0 Å². The minimum Gasteiger partial charge on any atom is -0.347 e. The maximum Gasteiger partial charge on any atom is 0.113 e. The molecule has 0 radical (unpaired) electrons. The molecule has 21 heavy (non-hydrogen) atoms. The van der Waals surface area contributed by atoms with E-state index in [4.69, 9.17) is 4.98 Å². The van der Waals surface area contributed by atoms with Crippen molar-refractivity contribution in [1.29, 1.82) is 0 Å². The maximum atomic E-state index is 4.74. The lowest BCUT2D eigenvalue weighted by Crippen LogP contribution is -2.49. The zero-order valence-electron chi connectivity index (χ0n) is 12.1. The molecule has 0 aliphatic carbocycles. The van der Waals surface area contributed by atoms with Crippen molar-refractivity contribution in [2.24, 2.45) is 0 Å². The Hall–Kier alpha value is -2.03. The molecular weight excluding hydrogens is 258 g/mol. The highest BCUT2D eigenvalue weighted by molar-refractivity contribution is 5.91. The highest BCUT2D eigenvalue weighted by atomic mass is 15.5. The van der Waals surface area contributed by atoms with Crippen LogP contribution in [0.15, 0.2) is 42.6 Å². The number of anilines is 2. The highest BCUT2D eigenvalue weighted by Gasteiger charge is 2.55. The Bertz CT molecular complexity index is 693. The van der Waals surface area contributed by atoms with Gasteiger partial charge in [-0.05, 0) is 31.7 Å². The first-order valence-corrected chi connectivity index (χ1v) is 8.00. The molecule has 106 valence electrons. The summed E-state index contributed by atoms with van der Waals surface area (Å²) in [4.78, 5) is 10.1. The Morgan fingerprint density at radius 2 is 1.67 bits per heavy atom. The predicted octanol–water partition coefficient (Wildman–Crippen LogP) is 3.66. The molecule has 4 heterocycles. The summed E-state index contributed by atoms with van der Waals surface area (Å²) in [6.07, 6.45) is 7.21. The molecule has 1 spiro atoms. The fourth-order valence-corrected chi connectivity index (χ4v) is 4.67. The summed E-state index contributed by atoms with van der Waals surface area (Å²) in [5, 5.41) is 0. The van der Waals surface area contributed by atoms with E-state index in [1.807, 2.05) is 6.20 Å². The first kappa shape index (κ1) is 11.6. The van der Waals surface area contributed by atoms with Gasteiger partial charge in [-0.25, -0.2) is 0 Å². The predicted molar refractivity (Wildman–Crippen MR) is 85.6 cm³/mol. The largest absolute Gasteiger partial charge is 0.347 e. The molecule has 0 bridgehead atoms. The molecule has 3 aliphatic rings. The molecule has 2 aromatic rings. The van der Waals surface area contributed by atoms with Crippen LogP contribution in [0.5, 0.6) is 0 Å². The molecule has 5 rings (SSSR count). The molecule has 3 heteroatoms. The third kappa shape index (κ3) is 1.36. The summed E-state index contributed by atoms with van der Waals surface area (Å²) in [5.74, 6) is 0. The van der Waals surface area contributed by atoms with E-state index >= 15 is 0 Å². The molecule has 0 amide bonds. The zero-order valence-corrected chi connectivity index (χ0v) is 12.1. The van der Waals surface area contributed by atoms with E-state index in [1.54, 1.807) is 0 Å². The van der Waals surface area contributed by atoms with E-state index in [9.17, 15) is 0 Å². The molecule has 0 N–H and O–H groups in total. The third-order valence-corrected chi connectivity index (χ3v) is 5.43. The molecular formula is C18H19N3. The SMILES string of the molecule is c1ccc(-c2nccc3c2N2CCCC24CCCN34)cc1. The van der Waals surface area contributed by atoms with E-state index in [1.165, 1.54) is 55.7 Å². The first-order valence-electron chi connectivity index (χ1n) is 8.00. The van der Waals surface area contributed by atoms with Crippen LogP contribution in [0, 0.1) is 0 Å². The van der Waals surface area contributed by atoms with Gasteiger partial charge in [-0.3, -0.25) is 4.98 Å². The minimum absolute atomic E-state index is 0.273. The number of hydrogen-bond donors (Lipinski definition) is 0.